The number of aromatic nitrogens is 2. The Morgan fingerprint density at radius 1 is 1.32 bits per heavy atom. The molecule has 2 fully saturated rings. The lowest BCUT2D eigenvalue weighted by atomic mass is 9.86. The number of likely N-dealkylation sites (tertiary alicyclic amines) is 1. The molecule has 25 heavy (non-hydrogen) atoms. The van der Waals surface area contributed by atoms with Crippen molar-refractivity contribution in [2.24, 2.45) is 0 Å². The van der Waals surface area contributed by atoms with Crippen molar-refractivity contribution in [3.63, 3.8) is 0 Å². The standard InChI is InChI=1S/C17H27N5O.2ClH/c1-2-11-21-13-4-15(5-14-21)20-16(23)17(6-9-18-10-7-17)22-12-3-8-19-22;;/h2-3,8,12,15,18H,1,4-7,9-11,13-14H2,(H,20,23);2*1H. The number of rotatable bonds is 5. The summed E-state index contributed by atoms with van der Waals surface area (Å²) in [5.74, 6) is 0.130. The Morgan fingerprint density at radius 2 is 2.00 bits per heavy atom. The molecule has 0 aliphatic carbocycles. The van der Waals surface area contributed by atoms with E-state index in [4.69, 9.17) is 0 Å². The molecular formula is C17H29Cl2N5O. The summed E-state index contributed by atoms with van der Waals surface area (Å²) in [7, 11) is 0. The molecule has 0 saturated carbocycles. The van der Waals surface area contributed by atoms with E-state index in [1.54, 1.807) is 6.20 Å². The summed E-state index contributed by atoms with van der Waals surface area (Å²) in [6.07, 6.45) is 9.20. The quantitative estimate of drug-likeness (QED) is 0.750. The van der Waals surface area contributed by atoms with Gasteiger partial charge in [-0.05, 0) is 44.8 Å². The molecule has 0 spiro atoms. The van der Waals surface area contributed by atoms with Crippen LogP contribution in [0.15, 0.2) is 31.1 Å². The van der Waals surface area contributed by atoms with Crippen molar-refractivity contribution in [2.45, 2.75) is 37.3 Å². The van der Waals surface area contributed by atoms with E-state index in [0.717, 1.165) is 58.4 Å². The van der Waals surface area contributed by atoms with Gasteiger partial charge in [-0.25, -0.2) is 0 Å². The Balaban J connectivity index is 0.00000156. The topological polar surface area (TPSA) is 62.2 Å². The molecule has 0 bridgehead atoms. The Hall–Kier alpha value is -1.08. The van der Waals surface area contributed by atoms with Gasteiger partial charge in [0.1, 0.15) is 5.54 Å². The minimum atomic E-state index is -0.535. The first-order valence-electron chi connectivity index (χ1n) is 8.60. The average Bonchev–Trinajstić information content (AvgIpc) is 3.12. The van der Waals surface area contributed by atoms with Crippen LogP contribution >= 0.6 is 24.8 Å². The monoisotopic (exact) mass is 389 g/mol. The van der Waals surface area contributed by atoms with Crippen molar-refractivity contribution >= 4 is 30.7 Å². The van der Waals surface area contributed by atoms with Gasteiger partial charge in [0.05, 0.1) is 0 Å². The molecule has 2 saturated heterocycles. The zero-order valence-electron chi connectivity index (χ0n) is 14.5. The van der Waals surface area contributed by atoms with E-state index >= 15 is 0 Å². The van der Waals surface area contributed by atoms with Crippen molar-refractivity contribution in [3.05, 3.63) is 31.1 Å². The number of piperidine rings is 2. The lowest BCUT2D eigenvalue weighted by Gasteiger charge is -2.39. The van der Waals surface area contributed by atoms with E-state index in [1.807, 2.05) is 23.0 Å². The first kappa shape index (κ1) is 22.0. The molecule has 0 unspecified atom stereocenters. The van der Waals surface area contributed by atoms with Gasteiger partial charge in [0.15, 0.2) is 0 Å². The van der Waals surface area contributed by atoms with E-state index < -0.39 is 5.54 Å². The third-order valence-electron chi connectivity index (χ3n) is 5.11. The lowest BCUT2D eigenvalue weighted by molar-refractivity contribution is -0.133. The zero-order valence-corrected chi connectivity index (χ0v) is 16.2. The fraction of sp³-hybridized carbons (Fsp3) is 0.647. The molecule has 6 nitrogen and oxygen atoms in total. The van der Waals surface area contributed by atoms with Crippen molar-refractivity contribution in [1.29, 1.82) is 0 Å². The maximum atomic E-state index is 13.1. The predicted molar refractivity (Wildman–Crippen MR) is 105 cm³/mol. The Bertz CT molecular complexity index is 523. The van der Waals surface area contributed by atoms with Crippen LogP contribution in [0, 0.1) is 0 Å². The average molecular weight is 390 g/mol. The van der Waals surface area contributed by atoms with E-state index in [9.17, 15) is 4.79 Å². The maximum absolute atomic E-state index is 13.1. The summed E-state index contributed by atoms with van der Waals surface area (Å²) < 4.78 is 1.86. The number of carbonyl (C=O) groups is 1. The van der Waals surface area contributed by atoms with Gasteiger partial charge in [0, 0.05) is 38.1 Å². The molecule has 1 aromatic rings. The lowest BCUT2D eigenvalue weighted by Crippen LogP contribution is -2.57. The second-order valence-corrected chi connectivity index (χ2v) is 6.57. The molecule has 2 aliphatic heterocycles. The number of halogens is 2. The number of hydrogen-bond acceptors (Lipinski definition) is 4. The van der Waals surface area contributed by atoms with Crippen molar-refractivity contribution in [3.8, 4) is 0 Å². The van der Waals surface area contributed by atoms with Crippen LogP contribution in [-0.4, -0.2) is 59.4 Å². The summed E-state index contributed by atoms with van der Waals surface area (Å²) in [4.78, 5) is 15.4. The van der Waals surface area contributed by atoms with Gasteiger partial charge in [-0.15, -0.1) is 31.4 Å². The molecule has 0 atom stereocenters. The van der Waals surface area contributed by atoms with Crippen LogP contribution in [-0.2, 0) is 10.3 Å². The third-order valence-corrected chi connectivity index (χ3v) is 5.11. The fourth-order valence-corrected chi connectivity index (χ4v) is 3.68. The number of nitrogens with one attached hydrogen (secondary N) is 2. The van der Waals surface area contributed by atoms with E-state index in [0.29, 0.717) is 0 Å². The molecule has 1 aromatic heterocycles. The number of nitrogens with zero attached hydrogens (tertiary/aromatic N) is 3. The minimum Gasteiger partial charge on any atom is -0.351 e. The number of amides is 1. The Morgan fingerprint density at radius 3 is 2.56 bits per heavy atom. The predicted octanol–water partition coefficient (Wildman–Crippen LogP) is 1.57. The first-order chi connectivity index (χ1) is 11.2. The van der Waals surface area contributed by atoms with Crippen LogP contribution in [0.2, 0.25) is 0 Å². The summed E-state index contributed by atoms with van der Waals surface area (Å²) in [5, 5.41) is 11.0. The second-order valence-electron chi connectivity index (χ2n) is 6.57. The maximum Gasteiger partial charge on any atom is 0.248 e. The molecule has 2 N–H and O–H groups in total. The molecule has 2 aliphatic rings. The van der Waals surface area contributed by atoms with E-state index in [-0.39, 0.29) is 36.8 Å². The Kier molecular flexibility index (Phi) is 8.93. The first-order valence-corrected chi connectivity index (χ1v) is 8.60. The molecule has 3 heterocycles. The fourth-order valence-electron chi connectivity index (χ4n) is 3.68. The van der Waals surface area contributed by atoms with Crippen molar-refractivity contribution in [1.82, 2.24) is 25.3 Å². The smallest absolute Gasteiger partial charge is 0.248 e. The minimum absolute atomic E-state index is 0. The van der Waals surface area contributed by atoms with Crippen LogP contribution in [0.4, 0.5) is 0 Å². The van der Waals surface area contributed by atoms with Crippen LogP contribution < -0.4 is 10.6 Å². The zero-order chi connectivity index (χ0) is 16.1. The number of hydrogen-bond donors (Lipinski definition) is 2. The van der Waals surface area contributed by atoms with Gasteiger partial charge < -0.3 is 10.6 Å². The van der Waals surface area contributed by atoms with E-state index in [1.165, 1.54) is 0 Å². The highest BCUT2D eigenvalue weighted by Crippen LogP contribution is 2.27. The van der Waals surface area contributed by atoms with Crippen LogP contribution in [0.5, 0.6) is 0 Å². The van der Waals surface area contributed by atoms with Crippen LogP contribution in [0.25, 0.3) is 0 Å². The van der Waals surface area contributed by atoms with Gasteiger partial charge in [0.25, 0.3) is 0 Å². The van der Waals surface area contributed by atoms with E-state index in [2.05, 4.69) is 27.2 Å². The molecule has 1 amide bonds. The molecule has 0 radical (unpaired) electrons. The highest BCUT2D eigenvalue weighted by molar-refractivity contribution is 5.86. The van der Waals surface area contributed by atoms with Gasteiger partial charge in [-0.1, -0.05) is 6.08 Å². The second kappa shape index (κ2) is 10.2. The molecule has 0 aromatic carbocycles. The highest BCUT2D eigenvalue weighted by atomic mass is 35.5. The third kappa shape index (κ3) is 4.97. The highest BCUT2D eigenvalue weighted by Gasteiger charge is 2.42. The molecule has 8 heteroatoms. The summed E-state index contributed by atoms with van der Waals surface area (Å²) in [6, 6.07) is 2.16. The van der Waals surface area contributed by atoms with Crippen LogP contribution in [0.1, 0.15) is 25.7 Å². The van der Waals surface area contributed by atoms with Crippen molar-refractivity contribution in [2.75, 3.05) is 32.7 Å². The summed E-state index contributed by atoms with van der Waals surface area (Å²) in [5.41, 5.74) is -0.535. The largest absolute Gasteiger partial charge is 0.351 e. The summed E-state index contributed by atoms with van der Waals surface area (Å²) >= 11 is 0. The van der Waals surface area contributed by atoms with Gasteiger partial charge in [0.2, 0.25) is 5.91 Å². The normalized spacial score (nSPS) is 20.8. The van der Waals surface area contributed by atoms with Gasteiger partial charge in [-0.2, -0.15) is 5.10 Å². The van der Waals surface area contributed by atoms with Gasteiger partial charge >= 0.3 is 0 Å². The summed E-state index contributed by atoms with van der Waals surface area (Å²) in [6.45, 7) is 8.47. The number of carbonyl (C=O) groups excluding carboxylic acids is 1. The molecular weight excluding hydrogens is 361 g/mol. The van der Waals surface area contributed by atoms with Gasteiger partial charge in [-0.3, -0.25) is 14.4 Å². The molecule has 3 rings (SSSR count). The van der Waals surface area contributed by atoms with Crippen LogP contribution in [0.3, 0.4) is 0 Å². The SMILES string of the molecule is C=CCN1CCC(NC(=O)C2(n3cccn3)CCNCC2)CC1.Cl.Cl. The molecule has 142 valence electrons. The Labute approximate surface area is 162 Å². The van der Waals surface area contributed by atoms with Crippen molar-refractivity contribution < 1.29 is 4.79 Å².